The maximum atomic E-state index is 12.2. The van der Waals surface area contributed by atoms with Gasteiger partial charge in [-0.2, -0.15) is 0 Å². The van der Waals surface area contributed by atoms with E-state index in [0.29, 0.717) is 11.3 Å². The molecule has 0 unspecified atom stereocenters. The Balaban J connectivity index is 1.55. The standard InChI is InChI=1S/C21H22N4O2S/c1-15(26)18-8-10-19(11-9-18)22-20(27)14-28-21-24-23-16(2)25(21)13-12-17-6-4-3-5-7-17/h3-11H,12-14H2,1-2H3,(H,22,27). The van der Waals surface area contributed by atoms with E-state index in [2.05, 4.69) is 27.6 Å². The normalized spacial score (nSPS) is 10.6. The van der Waals surface area contributed by atoms with Crippen LogP contribution in [0.5, 0.6) is 0 Å². The first kappa shape index (κ1) is 19.8. The lowest BCUT2D eigenvalue weighted by molar-refractivity contribution is -0.113. The van der Waals surface area contributed by atoms with Gasteiger partial charge in [0.2, 0.25) is 5.91 Å². The number of benzene rings is 2. The van der Waals surface area contributed by atoms with E-state index in [1.165, 1.54) is 24.2 Å². The summed E-state index contributed by atoms with van der Waals surface area (Å²) in [5.74, 6) is 0.936. The van der Waals surface area contributed by atoms with Gasteiger partial charge < -0.3 is 9.88 Å². The molecule has 0 saturated carbocycles. The molecule has 7 heteroatoms. The average Bonchev–Trinajstić information content (AvgIpc) is 3.05. The molecule has 0 saturated heterocycles. The zero-order valence-electron chi connectivity index (χ0n) is 15.9. The molecule has 0 bridgehead atoms. The summed E-state index contributed by atoms with van der Waals surface area (Å²) < 4.78 is 2.03. The summed E-state index contributed by atoms with van der Waals surface area (Å²) in [5, 5.41) is 11.9. The first-order chi connectivity index (χ1) is 13.5. The molecule has 0 radical (unpaired) electrons. The molecule has 0 atom stereocenters. The van der Waals surface area contributed by atoms with E-state index in [1.807, 2.05) is 29.7 Å². The van der Waals surface area contributed by atoms with Crippen LogP contribution in [0.2, 0.25) is 0 Å². The van der Waals surface area contributed by atoms with Gasteiger partial charge >= 0.3 is 0 Å². The lowest BCUT2D eigenvalue weighted by atomic mass is 10.1. The molecule has 0 aliphatic carbocycles. The second-order valence-corrected chi connectivity index (χ2v) is 7.33. The highest BCUT2D eigenvalue weighted by Gasteiger charge is 2.12. The summed E-state index contributed by atoms with van der Waals surface area (Å²) in [6.45, 7) is 4.19. The molecule has 1 N–H and O–H groups in total. The zero-order chi connectivity index (χ0) is 19.9. The van der Waals surface area contributed by atoms with E-state index in [1.54, 1.807) is 24.3 Å². The van der Waals surface area contributed by atoms with Crippen molar-refractivity contribution in [3.8, 4) is 0 Å². The number of rotatable bonds is 8. The third-order valence-corrected chi connectivity index (χ3v) is 5.24. The molecule has 144 valence electrons. The molecule has 0 aliphatic heterocycles. The summed E-state index contributed by atoms with van der Waals surface area (Å²) in [6, 6.07) is 17.1. The van der Waals surface area contributed by atoms with E-state index in [-0.39, 0.29) is 17.4 Å². The van der Waals surface area contributed by atoms with E-state index < -0.39 is 0 Å². The molecule has 3 aromatic rings. The number of ketones is 1. The smallest absolute Gasteiger partial charge is 0.234 e. The van der Waals surface area contributed by atoms with Crippen LogP contribution in [0, 0.1) is 6.92 Å². The fourth-order valence-corrected chi connectivity index (χ4v) is 3.54. The average molecular weight is 395 g/mol. The molecule has 28 heavy (non-hydrogen) atoms. The van der Waals surface area contributed by atoms with E-state index in [9.17, 15) is 9.59 Å². The molecule has 1 aromatic heterocycles. The Morgan fingerprint density at radius 2 is 1.75 bits per heavy atom. The van der Waals surface area contributed by atoms with Crippen molar-refractivity contribution in [1.29, 1.82) is 0 Å². The number of amides is 1. The Bertz CT molecular complexity index is 952. The summed E-state index contributed by atoms with van der Waals surface area (Å²) in [6.07, 6.45) is 0.877. The van der Waals surface area contributed by atoms with Crippen molar-refractivity contribution in [3.63, 3.8) is 0 Å². The van der Waals surface area contributed by atoms with Gasteiger partial charge in [0, 0.05) is 17.8 Å². The maximum Gasteiger partial charge on any atom is 0.234 e. The van der Waals surface area contributed by atoms with Crippen molar-refractivity contribution in [1.82, 2.24) is 14.8 Å². The van der Waals surface area contributed by atoms with Gasteiger partial charge in [0.05, 0.1) is 5.75 Å². The number of aromatic nitrogens is 3. The minimum absolute atomic E-state index is 0.00126. The summed E-state index contributed by atoms with van der Waals surface area (Å²) in [7, 11) is 0. The lowest BCUT2D eigenvalue weighted by Gasteiger charge is -2.09. The number of Topliss-reactive ketones (excluding diaryl/α,β-unsaturated/α-hetero) is 1. The van der Waals surface area contributed by atoms with E-state index in [0.717, 1.165) is 23.9 Å². The van der Waals surface area contributed by atoms with Gasteiger partial charge in [0.1, 0.15) is 5.82 Å². The fourth-order valence-electron chi connectivity index (χ4n) is 2.73. The quantitative estimate of drug-likeness (QED) is 0.465. The lowest BCUT2D eigenvalue weighted by Crippen LogP contribution is -2.15. The molecule has 2 aromatic carbocycles. The fraction of sp³-hybridized carbons (Fsp3) is 0.238. The Hall–Kier alpha value is -2.93. The topological polar surface area (TPSA) is 76.9 Å². The van der Waals surface area contributed by atoms with Crippen molar-refractivity contribution in [2.24, 2.45) is 0 Å². The number of hydrogen-bond acceptors (Lipinski definition) is 5. The molecule has 0 spiro atoms. The van der Waals surface area contributed by atoms with Crippen LogP contribution in [-0.2, 0) is 17.8 Å². The number of hydrogen-bond donors (Lipinski definition) is 1. The minimum atomic E-state index is -0.129. The molecule has 1 heterocycles. The van der Waals surface area contributed by atoms with Crippen molar-refractivity contribution >= 4 is 29.1 Å². The largest absolute Gasteiger partial charge is 0.325 e. The van der Waals surface area contributed by atoms with Crippen LogP contribution in [0.4, 0.5) is 5.69 Å². The number of nitrogens with one attached hydrogen (secondary N) is 1. The highest BCUT2D eigenvalue weighted by atomic mass is 32.2. The van der Waals surface area contributed by atoms with Crippen LogP contribution in [0.15, 0.2) is 59.8 Å². The van der Waals surface area contributed by atoms with Gasteiger partial charge in [-0.3, -0.25) is 9.59 Å². The molecule has 1 amide bonds. The van der Waals surface area contributed by atoms with Gasteiger partial charge in [0.15, 0.2) is 10.9 Å². The third kappa shape index (κ3) is 5.29. The Morgan fingerprint density at radius 3 is 2.43 bits per heavy atom. The van der Waals surface area contributed by atoms with Crippen LogP contribution >= 0.6 is 11.8 Å². The van der Waals surface area contributed by atoms with Crippen LogP contribution in [0.25, 0.3) is 0 Å². The predicted octanol–water partition coefficient (Wildman–Crippen LogP) is 3.76. The first-order valence-electron chi connectivity index (χ1n) is 9.00. The zero-order valence-corrected chi connectivity index (χ0v) is 16.7. The number of carbonyl (C=O) groups is 2. The van der Waals surface area contributed by atoms with Crippen molar-refractivity contribution in [2.75, 3.05) is 11.1 Å². The number of aryl methyl sites for hydroxylation is 2. The SMILES string of the molecule is CC(=O)c1ccc(NC(=O)CSc2nnc(C)n2CCc2ccccc2)cc1. The maximum absolute atomic E-state index is 12.2. The van der Waals surface area contributed by atoms with Gasteiger partial charge in [-0.1, -0.05) is 42.1 Å². The van der Waals surface area contributed by atoms with Crippen molar-refractivity contribution in [2.45, 2.75) is 32.0 Å². The van der Waals surface area contributed by atoms with Gasteiger partial charge in [-0.25, -0.2) is 0 Å². The first-order valence-corrected chi connectivity index (χ1v) is 9.99. The number of anilines is 1. The number of carbonyl (C=O) groups excluding carboxylic acids is 2. The van der Waals surface area contributed by atoms with Gasteiger partial charge in [-0.05, 0) is 50.1 Å². The van der Waals surface area contributed by atoms with Crippen molar-refractivity contribution < 1.29 is 9.59 Å². The Labute approximate surface area is 168 Å². The summed E-state index contributed by atoms with van der Waals surface area (Å²) in [5.41, 5.74) is 2.53. The molecular formula is C21H22N4O2S. The number of nitrogens with zero attached hydrogens (tertiary/aromatic N) is 3. The predicted molar refractivity (Wildman–Crippen MR) is 111 cm³/mol. The third-order valence-electron chi connectivity index (χ3n) is 4.28. The van der Waals surface area contributed by atoms with Crippen LogP contribution in [0.3, 0.4) is 0 Å². The van der Waals surface area contributed by atoms with Gasteiger partial charge in [0.25, 0.3) is 0 Å². The summed E-state index contributed by atoms with van der Waals surface area (Å²) >= 11 is 1.36. The number of thioether (sulfide) groups is 1. The summed E-state index contributed by atoms with van der Waals surface area (Å²) in [4.78, 5) is 23.6. The highest BCUT2D eigenvalue weighted by Crippen LogP contribution is 2.18. The second-order valence-electron chi connectivity index (χ2n) is 6.39. The minimum Gasteiger partial charge on any atom is -0.325 e. The molecule has 3 rings (SSSR count). The molecule has 0 fully saturated rings. The molecular weight excluding hydrogens is 372 g/mol. The van der Waals surface area contributed by atoms with Crippen molar-refractivity contribution in [3.05, 3.63) is 71.5 Å². The van der Waals surface area contributed by atoms with Crippen LogP contribution < -0.4 is 5.32 Å². The highest BCUT2D eigenvalue weighted by molar-refractivity contribution is 7.99. The van der Waals surface area contributed by atoms with E-state index >= 15 is 0 Å². The monoisotopic (exact) mass is 394 g/mol. The second kappa shape index (κ2) is 9.32. The van der Waals surface area contributed by atoms with E-state index in [4.69, 9.17) is 0 Å². The molecule has 6 nitrogen and oxygen atoms in total. The van der Waals surface area contributed by atoms with Crippen LogP contribution in [0.1, 0.15) is 28.7 Å². The Kier molecular flexibility index (Phi) is 6.60. The Morgan fingerprint density at radius 1 is 1.04 bits per heavy atom. The van der Waals surface area contributed by atoms with Crippen LogP contribution in [-0.4, -0.2) is 32.2 Å². The van der Waals surface area contributed by atoms with Gasteiger partial charge in [-0.15, -0.1) is 10.2 Å². The molecule has 0 aliphatic rings.